The fourth-order valence-corrected chi connectivity index (χ4v) is 1.21. The quantitative estimate of drug-likeness (QED) is 0.494. The van der Waals surface area contributed by atoms with E-state index >= 15 is 0 Å². The summed E-state index contributed by atoms with van der Waals surface area (Å²) in [7, 11) is 1.68. The Balaban J connectivity index is 2.47. The van der Waals surface area contributed by atoms with Crippen molar-refractivity contribution in [2.45, 2.75) is 19.0 Å². The number of carboxylic acid groups (broad SMARTS) is 2. The molecule has 1 heterocycles. The number of carboxylic acids is 2. The van der Waals surface area contributed by atoms with Gasteiger partial charge in [-0.15, -0.1) is 10.2 Å². The third kappa shape index (κ3) is 4.61. The Morgan fingerprint density at radius 1 is 1.42 bits per heavy atom. The van der Waals surface area contributed by atoms with Crippen molar-refractivity contribution in [2.75, 3.05) is 0 Å². The number of aliphatic carboxylic acids is 2. The first-order chi connectivity index (χ1) is 8.90. The summed E-state index contributed by atoms with van der Waals surface area (Å²) < 4.78 is 1.58. The predicted octanol–water partition coefficient (Wildman–Crippen LogP) is -1.46. The molecule has 0 saturated carbocycles. The number of urea groups is 1. The molecule has 4 N–H and O–H groups in total. The van der Waals surface area contributed by atoms with Gasteiger partial charge in [0, 0.05) is 7.05 Å². The average Bonchev–Trinajstić information content (AvgIpc) is 2.70. The van der Waals surface area contributed by atoms with Crippen molar-refractivity contribution in [1.82, 2.24) is 25.4 Å². The van der Waals surface area contributed by atoms with Gasteiger partial charge in [-0.3, -0.25) is 4.79 Å². The largest absolute Gasteiger partial charge is 0.481 e. The lowest BCUT2D eigenvalue weighted by molar-refractivity contribution is -0.145. The number of aromatic nitrogens is 3. The Labute approximate surface area is 107 Å². The van der Waals surface area contributed by atoms with E-state index in [1.54, 1.807) is 11.6 Å². The van der Waals surface area contributed by atoms with Gasteiger partial charge in [0.2, 0.25) is 0 Å². The molecule has 0 aliphatic rings. The van der Waals surface area contributed by atoms with Crippen molar-refractivity contribution < 1.29 is 24.6 Å². The van der Waals surface area contributed by atoms with E-state index in [0.717, 1.165) is 0 Å². The third-order valence-electron chi connectivity index (χ3n) is 2.19. The van der Waals surface area contributed by atoms with E-state index in [-0.39, 0.29) is 6.54 Å². The number of nitrogens with one attached hydrogen (secondary N) is 2. The number of hydrogen-bond donors (Lipinski definition) is 4. The highest BCUT2D eigenvalue weighted by molar-refractivity contribution is 5.86. The van der Waals surface area contributed by atoms with Crippen LogP contribution in [0, 0.1) is 0 Å². The Morgan fingerprint density at radius 3 is 2.58 bits per heavy atom. The predicted molar refractivity (Wildman–Crippen MR) is 60.1 cm³/mol. The maximum absolute atomic E-state index is 11.4. The summed E-state index contributed by atoms with van der Waals surface area (Å²) >= 11 is 0. The first-order valence-electron chi connectivity index (χ1n) is 5.22. The zero-order valence-electron chi connectivity index (χ0n) is 10.0. The van der Waals surface area contributed by atoms with E-state index in [1.807, 2.05) is 5.32 Å². The number of nitrogens with zero attached hydrogens (tertiary/aromatic N) is 3. The van der Waals surface area contributed by atoms with E-state index in [2.05, 4.69) is 15.5 Å². The lowest BCUT2D eigenvalue weighted by Crippen LogP contribution is -2.46. The van der Waals surface area contributed by atoms with Crippen LogP contribution in [0.1, 0.15) is 12.2 Å². The van der Waals surface area contributed by atoms with Gasteiger partial charge in [-0.1, -0.05) is 0 Å². The summed E-state index contributed by atoms with van der Waals surface area (Å²) in [6.07, 6.45) is 0.742. The van der Waals surface area contributed by atoms with Crippen molar-refractivity contribution in [3.05, 3.63) is 12.2 Å². The lowest BCUT2D eigenvalue weighted by atomic mass is 10.2. The van der Waals surface area contributed by atoms with Crippen LogP contribution in [0.15, 0.2) is 6.33 Å². The molecule has 0 spiro atoms. The van der Waals surface area contributed by atoms with Gasteiger partial charge in [-0.05, 0) is 0 Å². The molecule has 1 atom stereocenters. The minimum Gasteiger partial charge on any atom is -0.481 e. The molecular formula is C9H13N5O5. The van der Waals surface area contributed by atoms with Gasteiger partial charge in [0.25, 0.3) is 0 Å². The molecule has 1 aromatic heterocycles. The van der Waals surface area contributed by atoms with Gasteiger partial charge in [-0.25, -0.2) is 9.59 Å². The van der Waals surface area contributed by atoms with Crippen molar-refractivity contribution in [3.63, 3.8) is 0 Å². The number of carbonyl (C=O) groups is 3. The molecule has 0 radical (unpaired) electrons. The number of aryl methyl sites for hydroxylation is 1. The molecule has 1 unspecified atom stereocenters. The standard InChI is InChI=1S/C9H13N5O5/c1-14-4-11-13-6(14)3-10-9(19)12-5(8(17)18)2-7(15)16/h4-5H,2-3H2,1H3,(H,15,16)(H,17,18)(H2,10,12,19). The smallest absolute Gasteiger partial charge is 0.326 e. The number of hydrogen-bond acceptors (Lipinski definition) is 5. The SMILES string of the molecule is Cn1cnnc1CNC(=O)NC(CC(=O)O)C(=O)O. The van der Waals surface area contributed by atoms with Crippen LogP contribution < -0.4 is 10.6 Å². The van der Waals surface area contributed by atoms with Crippen LogP contribution in [-0.4, -0.2) is 49.0 Å². The molecule has 1 rings (SSSR count). The maximum Gasteiger partial charge on any atom is 0.326 e. The second kappa shape index (κ2) is 6.33. The van der Waals surface area contributed by atoms with Gasteiger partial charge in [-0.2, -0.15) is 0 Å². The van der Waals surface area contributed by atoms with Crippen molar-refractivity contribution in [3.8, 4) is 0 Å². The average molecular weight is 271 g/mol. The minimum absolute atomic E-state index is 0.0434. The minimum atomic E-state index is -1.49. The molecule has 10 nitrogen and oxygen atoms in total. The first kappa shape index (κ1) is 14.4. The molecule has 104 valence electrons. The normalized spacial score (nSPS) is 11.6. The van der Waals surface area contributed by atoms with Crippen molar-refractivity contribution in [1.29, 1.82) is 0 Å². The number of rotatable bonds is 6. The molecule has 1 aromatic rings. The second-order valence-corrected chi connectivity index (χ2v) is 3.67. The Morgan fingerprint density at radius 2 is 2.11 bits per heavy atom. The number of amides is 2. The van der Waals surface area contributed by atoms with Crippen LogP contribution in [-0.2, 0) is 23.2 Å². The van der Waals surface area contributed by atoms with Crippen LogP contribution >= 0.6 is 0 Å². The highest BCUT2D eigenvalue weighted by Gasteiger charge is 2.22. The topological polar surface area (TPSA) is 146 Å². The highest BCUT2D eigenvalue weighted by Crippen LogP contribution is 1.94. The van der Waals surface area contributed by atoms with E-state index < -0.39 is 30.4 Å². The Hall–Kier alpha value is -2.65. The van der Waals surface area contributed by atoms with Crippen LogP contribution in [0.4, 0.5) is 4.79 Å². The molecule has 0 aromatic carbocycles. The molecule has 10 heteroatoms. The zero-order valence-corrected chi connectivity index (χ0v) is 10.0. The van der Waals surface area contributed by atoms with Crippen LogP contribution in [0.25, 0.3) is 0 Å². The molecule has 19 heavy (non-hydrogen) atoms. The molecular weight excluding hydrogens is 258 g/mol. The van der Waals surface area contributed by atoms with E-state index in [0.29, 0.717) is 5.82 Å². The monoisotopic (exact) mass is 271 g/mol. The summed E-state index contributed by atoms with van der Waals surface area (Å²) in [4.78, 5) is 32.6. The number of carbonyl (C=O) groups excluding carboxylic acids is 1. The molecule has 0 aliphatic carbocycles. The van der Waals surface area contributed by atoms with Crippen LogP contribution in [0.2, 0.25) is 0 Å². The summed E-state index contributed by atoms with van der Waals surface area (Å²) in [5.41, 5.74) is 0. The summed E-state index contributed by atoms with van der Waals surface area (Å²) in [5, 5.41) is 28.9. The van der Waals surface area contributed by atoms with Gasteiger partial charge in [0.05, 0.1) is 13.0 Å². The Kier molecular flexibility index (Phi) is 4.80. The van der Waals surface area contributed by atoms with Gasteiger partial charge >= 0.3 is 18.0 Å². The molecule has 0 saturated heterocycles. The van der Waals surface area contributed by atoms with E-state index in [4.69, 9.17) is 10.2 Å². The van der Waals surface area contributed by atoms with Gasteiger partial charge < -0.3 is 25.4 Å². The second-order valence-electron chi connectivity index (χ2n) is 3.67. The zero-order chi connectivity index (χ0) is 14.4. The van der Waals surface area contributed by atoms with Crippen molar-refractivity contribution >= 4 is 18.0 Å². The molecule has 0 bridgehead atoms. The summed E-state index contributed by atoms with van der Waals surface area (Å²) in [6.45, 7) is 0.0434. The molecule has 0 aliphatic heterocycles. The van der Waals surface area contributed by atoms with Crippen molar-refractivity contribution in [2.24, 2.45) is 7.05 Å². The Bertz CT molecular complexity index is 485. The van der Waals surface area contributed by atoms with Gasteiger partial charge in [0.15, 0.2) is 5.82 Å². The molecule has 0 fully saturated rings. The highest BCUT2D eigenvalue weighted by atomic mass is 16.4. The first-order valence-corrected chi connectivity index (χ1v) is 5.22. The van der Waals surface area contributed by atoms with E-state index in [1.165, 1.54) is 6.33 Å². The third-order valence-corrected chi connectivity index (χ3v) is 2.19. The van der Waals surface area contributed by atoms with Crippen LogP contribution in [0.3, 0.4) is 0 Å². The summed E-state index contributed by atoms with van der Waals surface area (Å²) in [5.74, 6) is -2.27. The summed E-state index contributed by atoms with van der Waals surface area (Å²) in [6, 6.07) is -2.28. The van der Waals surface area contributed by atoms with E-state index in [9.17, 15) is 14.4 Å². The van der Waals surface area contributed by atoms with Gasteiger partial charge in [0.1, 0.15) is 12.4 Å². The molecule has 2 amide bonds. The van der Waals surface area contributed by atoms with Crippen LogP contribution in [0.5, 0.6) is 0 Å². The maximum atomic E-state index is 11.4. The lowest BCUT2D eigenvalue weighted by Gasteiger charge is -2.12. The fourth-order valence-electron chi connectivity index (χ4n) is 1.21. The fraction of sp³-hybridized carbons (Fsp3) is 0.444.